The van der Waals surface area contributed by atoms with E-state index in [0.717, 1.165) is 28.0 Å². The highest BCUT2D eigenvalue weighted by molar-refractivity contribution is 6.14. The summed E-state index contributed by atoms with van der Waals surface area (Å²) in [7, 11) is 0. The van der Waals surface area contributed by atoms with Gasteiger partial charge >= 0.3 is 5.97 Å². The minimum atomic E-state index is -0.521. The van der Waals surface area contributed by atoms with E-state index >= 15 is 4.39 Å². The third kappa shape index (κ3) is 6.91. The van der Waals surface area contributed by atoms with Gasteiger partial charge in [-0.1, -0.05) is 121 Å². The fraction of sp³-hybridized carbons (Fsp3) is 0.0952. The van der Waals surface area contributed by atoms with Crippen molar-refractivity contribution in [3.63, 3.8) is 0 Å². The number of aliphatic imine (C=N–C) groups is 1. The van der Waals surface area contributed by atoms with Crippen LogP contribution in [-0.2, 0) is 17.8 Å². The normalized spacial score (nSPS) is 10.9. The summed E-state index contributed by atoms with van der Waals surface area (Å²) in [6.07, 6.45) is 3.07. The Morgan fingerprint density at radius 2 is 1.30 bits per heavy atom. The average Bonchev–Trinajstić information content (AvgIpc) is 3.60. The van der Waals surface area contributed by atoms with Crippen molar-refractivity contribution in [3.8, 4) is 11.1 Å². The molecule has 50 heavy (non-hydrogen) atoms. The van der Waals surface area contributed by atoms with Gasteiger partial charge in [-0.15, -0.1) is 0 Å². The lowest BCUT2D eigenvalue weighted by molar-refractivity contribution is 0.0528. The van der Waals surface area contributed by atoms with Gasteiger partial charge in [0, 0.05) is 47.6 Å². The number of hydrogen-bond donors (Lipinski definition) is 0. The number of halogens is 1. The molecule has 2 heterocycles. The first-order valence-electron chi connectivity index (χ1n) is 16.4. The maximum Gasteiger partial charge on any atom is 0.343 e. The van der Waals surface area contributed by atoms with Crippen LogP contribution < -0.4 is 4.90 Å². The number of carbonyl (C=O) groups is 1. The summed E-state index contributed by atoms with van der Waals surface area (Å²) in [6, 6.07) is 44.8. The smallest absolute Gasteiger partial charge is 0.343 e. The van der Waals surface area contributed by atoms with Crippen molar-refractivity contribution in [1.29, 1.82) is 0 Å². The minimum absolute atomic E-state index is 0.214. The quantitative estimate of drug-likeness (QED) is 0.102. The highest BCUT2D eigenvalue weighted by Crippen LogP contribution is 2.36. The predicted octanol–water partition coefficient (Wildman–Crippen LogP) is 9.09. The molecular formula is C42H34FN5O2. The first-order chi connectivity index (χ1) is 24.6. The second-order valence-corrected chi connectivity index (χ2v) is 11.7. The molecule has 0 radical (unpaired) electrons. The van der Waals surface area contributed by atoms with Crippen molar-refractivity contribution in [3.05, 3.63) is 186 Å². The SMILES string of the molecule is CCOC(=O)c1cnn2c(N(Cc3ccccc3)Cc3ccccc3)c(-c3ccc(N=C(c4ccccc4)c4ccccc4)cc3F)cnc12. The molecule has 0 saturated carbocycles. The van der Waals surface area contributed by atoms with Gasteiger partial charge in [0.1, 0.15) is 17.2 Å². The highest BCUT2D eigenvalue weighted by atomic mass is 19.1. The lowest BCUT2D eigenvalue weighted by atomic mass is 10.0. The number of benzene rings is 5. The Morgan fingerprint density at radius 1 is 0.740 bits per heavy atom. The molecule has 0 aliphatic rings. The number of carbonyl (C=O) groups excluding carboxylic acids is 1. The molecule has 246 valence electrons. The summed E-state index contributed by atoms with van der Waals surface area (Å²) in [5, 5.41) is 4.63. The lowest BCUT2D eigenvalue weighted by Gasteiger charge is -2.28. The molecule has 0 unspecified atom stereocenters. The van der Waals surface area contributed by atoms with E-state index in [9.17, 15) is 4.79 Å². The average molecular weight is 660 g/mol. The first kappa shape index (κ1) is 32.2. The maximum atomic E-state index is 16.5. The largest absolute Gasteiger partial charge is 0.462 e. The second-order valence-electron chi connectivity index (χ2n) is 11.7. The monoisotopic (exact) mass is 659 g/mol. The molecule has 0 spiro atoms. The van der Waals surface area contributed by atoms with Crippen LogP contribution in [0.5, 0.6) is 0 Å². The molecule has 7 nitrogen and oxygen atoms in total. The second kappa shape index (κ2) is 14.8. The predicted molar refractivity (Wildman–Crippen MR) is 195 cm³/mol. The molecule has 0 atom stereocenters. The third-order valence-corrected chi connectivity index (χ3v) is 8.31. The molecule has 0 bridgehead atoms. The van der Waals surface area contributed by atoms with Crippen LogP contribution in [0, 0.1) is 5.82 Å². The van der Waals surface area contributed by atoms with Gasteiger partial charge in [0.15, 0.2) is 5.65 Å². The zero-order chi connectivity index (χ0) is 34.3. The number of fused-ring (bicyclic) bond motifs is 1. The van der Waals surface area contributed by atoms with Crippen LogP contribution in [0.25, 0.3) is 16.8 Å². The highest BCUT2D eigenvalue weighted by Gasteiger charge is 2.25. The standard InChI is InChI=1S/C42H34FN5O2/c1-2-50-42(49)37-27-45-48-40(37)44-26-36(41(48)47(28-30-15-7-3-8-16-30)29-31-17-9-4-10-18-31)35-24-23-34(25-38(35)43)46-39(32-19-11-5-12-20-32)33-21-13-6-14-22-33/h3-27H,2,28-29H2,1H3. The van der Waals surface area contributed by atoms with E-state index in [2.05, 4.69) is 15.0 Å². The Balaban J connectivity index is 1.39. The molecule has 0 amide bonds. The molecule has 7 rings (SSSR count). The van der Waals surface area contributed by atoms with Gasteiger partial charge in [-0.2, -0.15) is 9.61 Å². The van der Waals surface area contributed by atoms with Crippen molar-refractivity contribution in [2.24, 2.45) is 4.99 Å². The Morgan fingerprint density at radius 3 is 1.84 bits per heavy atom. The van der Waals surface area contributed by atoms with Gasteiger partial charge in [-0.3, -0.25) is 0 Å². The van der Waals surface area contributed by atoms with Gasteiger partial charge < -0.3 is 9.64 Å². The van der Waals surface area contributed by atoms with Gasteiger partial charge in [0.2, 0.25) is 0 Å². The van der Waals surface area contributed by atoms with Crippen LogP contribution in [0.15, 0.2) is 157 Å². The molecule has 0 saturated heterocycles. The Bertz CT molecular complexity index is 2170. The van der Waals surface area contributed by atoms with Crippen LogP contribution in [0.1, 0.15) is 39.5 Å². The molecule has 8 heteroatoms. The fourth-order valence-corrected chi connectivity index (χ4v) is 5.99. The Labute approximate surface area is 290 Å². The number of esters is 1. The zero-order valence-electron chi connectivity index (χ0n) is 27.5. The van der Waals surface area contributed by atoms with Crippen LogP contribution in [0.3, 0.4) is 0 Å². The van der Waals surface area contributed by atoms with Crippen molar-refractivity contribution in [2.75, 3.05) is 11.5 Å². The van der Waals surface area contributed by atoms with Crippen molar-refractivity contribution >= 4 is 28.8 Å². The van der Waals surface area contributed by atoms with Crippen LogP contribution in [0.2, 0.25) is 0 Å². The molecule has 0 fully saturated rings. The molecule has 2 aromatic heterocycles. The fourth-order valence-electron chi connectivity index (χ4n) is 5.99. The van der Waals surface area contributed by atoms with E-state index in [1.165, 1.54) is 12.3 Å². The third-order valence-electron chi connectivity index (χ3n) is 8.31. The minimum Gasteiger partial charge on any atom is -0.462 e. The van der Waals surface area contributed by atoms with Gasteiger partial charge in [-0.05, 0) is 30.2 Å². The summed E-state index contributed by atoms with van der Waals surface area (Å²) in [4.78, 5) is 24.6. The number of ether oxygens (including phenoxy) is 1. The maximum absolute atomic E-state index is 16.5. The van der Waals surface area contributed by atoms with E-state index in [-0.39, 0.29) is 12.2 Å². The summed E-state index contributed by atoms with van der Waals surface area (Å²) in [6.45, 7) is 2.93. The molecule has 5 aromatic carbocycles. The van der Waals surface area contributed by atoms with Gasteiger partial charge in [0.05, 0.1) is 24.2 Å². The molecule has 0 aliphatic carbocycles. The van der Waals surface area contributed by atoms with E-state index in [0.29, 0.717) is 41.4 Å². The van der Waals surface area contributed by atoms with Crippen LogP contribution >= 0.6 is 0 Å². The number of aromatic nitrogens is 3. The summed E-state index contributed by atoms with van der Waals surface area (Å²) >= 11 is 0. The van der Waals surface area contributed by atoms with E-state index in [4.69, 9.17) is 9.73 Å². The number of hydrogen-bond acceptors (Lipinski definition) is 6. The van der Waals surface area contributed by atoms with Crippen molar-refractivity contribution in [2.45, 2.75) is 20.0 Å². The molecule has 0 N–H and O–H groups in total. The first-order valence-corrected chi connectivity index (χ1v) is 16.4. The van der Waals surface area contributed by atoms with Crippen molar-refractivity contribution < 1.29 is 13.9 Å². The molecular weight excluding hydrogens is 625 g/mol. The lowest BCUT2D eigenvalue weighted by Crippen LogP contribution is -2.26. The number of nitrogens with zero attached hydrogens (tertiary/aromatic N) is 5. The van der Waals surface area contributed by atoms with Gasteiger partial charge in [-0.25, -0.2) is 19.2 Å². The zero-order valence-corrected chi connectivity index (χ0v) is 27.5. The number of anilines is 1. The summed E-state index contributed by atoms with van der Waals surface area (Å²) in [5.74, 6) is -0.402. The van der Waals surface area contributed by atoms with E-state index in [1.54, 1.807) is 23.7 Å². The molecule has 7 aromatic rings. The summed E-state index contributed by atoms with van der Waals surface area (Å²) < 4.78 is 23.4. The Kier molecular flexibility index (Phi) is 9.51. The van der Waals surface area contributed by atoms with E-state index < -0.39 is 11.8 Å². The van der Waals surface area contributed by atoms with E-state index in [1.807, 2.05) is 127 Å². The Hall–Kier alpha value is -6.41. The van der Waals surface area contributed by atoms with Crippen LogP contribution in [0.4, 0.5) is 15.9 Å². The van der Waals surface area contributed by atoms with Crippen LogP contribution in [-0.4, -0.2) is 32.9 Å². The van der Waals surface area contributed by atoms with Gasteiger partial charge in [0.25, 0.3) is 0 Å². The molecule has 0 aliphatic heterocycles. The van der Waals surface area contributed by atoms with Crippen molar-refractivity contribution in [1.82, 2.24) is 14.6 Å². The summed E-state index contributed by atoms with van der Waals surface area (Å²) in [5.41, 5.74) is 6.57. The number of rotatable bonds is 11. The topological polar surface area (TPSA) is 72.1 Å².